The molecule has 1 aromatic heterocycles. The van der Waals surface area contributed by atoms with Crippen molar-refractivity contribution in [3.05, 3.63) is 48.3 Å². The fourth-order valence-electron chi connectivity index (χ4n) is 2.64. The van der Waals surface area contributed by atoms with Crippen molar-refractivity contribution in [3.63, 3.8) is 0 Å². The largest absolute Gasteiger partial charge is 0.435 e. The number of hydrogen-bond donors (Lipinski definition) is 1. The highest BCUT2D eigenvalue weighted by Gasteiger charge is 2.16. The van der Waals surface area contributed by atoms with Crippen molar-refractivity contribution in [3.8, 4) is 5.75 Å². The summed E-state index contributed by atoms with van der Waals surface area (Å²) in [5, 5.41) is 6.93. The zero-order valence-electron chi connectivity index (χ0n) is 14.0. The second kappa shape index (κ2) is 8.57. The molecule has 6 nitrogen and oxygen atoms in total. The number of aromatic nitrogens is 2. The summed E-state index contributed by atoms with van der Waals surface area (Å²) < 4.78 is 35.8. The number of nitrogens with zero attached hydrogens (tertiary/aromatic N) is 2. The van der Waals surface area contributed by atoms with Crippen molar-refractivity contribution in [1.82, 2.24) is 9.78 Å². The Morgan fingerprint density at radius 2 is 2.23 bits per heavy atom. The van der Waals surface area contributed by atoms with Crippen LogP contribution in [0.3, 0.4) is 0 Å². The molecule has 1 aromatic carbocycles. The molecule has 1 N–H and O–H groups in total. The van der Waals surface area contributed by atoms with E-state index in [0.717, 1.165) is 19.4 Å². The average molecular weight is 363 g/mol. The lowest BCUT2D eigenvalue weighted by Gasteiger charge is -2.08. The zero-order valence-corrected chi connectivity index (χ0v) is 14.0. The molecule has 0 radical (unpaired) electrons. The Balaban J connectivity index is 1.50. The van der Waals surface area contributed by atoms with E-state index >= 15 is 0 Å². The van der Waals surface area contributed by atoms with Gasteiger partial charge in [0.1, 0.15) is 5.75 Å². The molecule has 3 rings (SSSR count). The zero-order chi connectivity index (χ0) is 18.4. The first-order valence-electron chi connectivity index (χ1n) is 8.26. The van der Waals surface area contributed by atoms with Gasteiger partial charge in [0.15, 0.2) is 0 Å². The van der Waals surface area contributed by atoms with Gasteiger partial charge in [-0.15, -0.1) is 0 Å². The highest BCUT2D eigenvalue weighted by Crippen LogP contribution is 2.16. The number of carbonyl (C=O) groups excluding carboxylic acids is 1. The Morgan fingerprint density at radius 1 is 1.42 bits per heavy atom. The van der Waals surface area contributed by atoms with Crippen molar-refractivity contribution in [1.29, 1.82) is 0 Å². The van der Waals surface area contributed by atoms with Crippen LogP contribution in [0.25, 0.3) is 6.08 Å². The third-order valence-corrected chi connectivity index (χ3v) is 3.85. The number of hydrogen-bond acceptors (Lipinski definition) is 4. The van der Waals surface area contributed by atoms with Gasteiger partial charge in [0.25, 0.3) is 0 Å². The Hall–Kier alpha value is -2.74. The van der Waals surface area contributed by atoms with Crippen molar-refractivity contribution in [2.24, 2.45) is 0 Å². The third-order valence-electron chi connectivity index (χ3n) is 3.85. The summed E-state index contributed by atoms with van der Waals surface area (Å²) in [6.45, 7) is -1.41. The van der Waals surface area contributed by atoms with Gasteiger partial charge in [0.2, 0.25) is 5.91 Å². The summed E-state index contributed by atoms with van der Waals surface area (Å²) in [5.74, 6) is -0.241. The number of amides is 1. The minimum absolute atomic E-state index is 0.0697. The van der Waals surface area contributed by atoms with E-state index in [9.17, 15) is 13.6 Å². The van der Waals surface area contributed by atoms with Gasteiger partial charge < -0.3 is 14.8 Å². The van der Waals surface area contributed by atoms with Gasteiger partial charge in [-0.1, -0.05) is 12.1 Å². The molecule has 1 amide bonds. The molecule has 138 valence electrons. The molecule has 2 heterocycles. The summed E-state index contributed by atoms with van der Waals surface area (Å²) in [4.78, 5) is 12.0. The van der Waals surface area contributed by atoms with Crippen LogP contribution in [0.1, 0.15) is 18.4 Å². The summed E-state index contributed by atoms with van der Waals surface area (Å²) >= 11 is 0. The lowest BCUT2D eigenvalue weighted by Crippen LogP contribution is -2.15. The SMILES string of the molecule is O=C(/C=C/c1ccc(OC(F)F)cc1)Nc1cnn(C[C@H]2CCCO2)c1. The van der Waals surface area contributed by atoms with E-state index in [1.807, 2.05) is 0 Å². The van der Waals surface area contributed by atoms with Crippen molar-refractivity contribution >= 4 is 17.7 Å². The highest BCUT2D eigenvalue weighted by molar-refractivity contribution is 6.01. The van der Waals surface area contributed by atoms with Gasteiger partial charge in [-0.2, -0.15) is 13.9 Å². The fourth-order valence-corrected chi connectivity index (χ4v) is 2.64. The smallest absolute Gasteiger partial charge is 0.387 e. The molecule has 8 heteroatoms. The number of ether oxygens (including phenoxy) is 2. The second-order valence-corrected chi connectivity index (χ2v) is 5.86. The molecule has 0 saturated carbocycles. The number of rotatable bonds is 7. The Labute approximate surface area is 149 Å². The monoisotopic (exact) mass is 363 g/mol. The Kier molecular flexibility index (Phi) is 5.96. The lowest BCUT2D eigenvalue weighted by molar-refractivity contribution is -0.111. The van der Waals surface area contributed by atoms with Crippen LogP contribution in [-0.4, -0.2) is 35.0 Å². The quantitative estimate of drug-likeness (QED) is 0.767. The summed E-state index contributed by atoms with van der Waals surface area (Å²) in [6, 6.07) is 6.00. The normalized spacial score (nSPS) is 17.1. The van der Waals surface area contributed by atoms with E-state index in [4.69, 9.17) is 4.74 Å². The van der Waals surface area contributed by atoms with Crippen molar-refractivity contribution in [2.75, 3.05) is 11.9 Å². The van der Waals surface area contributed by atoms with Crippen LogP contribution in [0.4, 0.5) is 14.5 Å². The molecule has 1 atom stereocenters. The van der Waals surface area contributed by atoms with Crippen molar-refractivity contribution in [2.45, 2.75) is 32.1 Å². The Morgan fingerprint density at radius 3 is 2.92 bits per heavy atom. The molecular formula is C18H19F2N3O3. The molecule has 1 aliphatic rings. The predicted molar refractivity (Wildman–Crippen MR) is 91.9 cm³/mol. The molecule has 26 heavy (non-hydrogen) atoms. The number of carbonyl (C=O) groups is 1. The molecular weight excluding hydrogens is 344 g/mol. The van der Waals surface area contributed by atoms with Gasteiger partial charge in [-0.05, 0) is 36.6 Å². The fraction of sp³-hybridized carbons (Fsp3) is 0.333. The first kappa shape index (κ1) is 18.1. The first-order valence-corrected chi connectivity index (χ1v) is 8.26. The molecule has 2 aromatic rings. The van der Waals surface area contributed by atoms with E-state index in [-0.39, 0.29) is 17.8 Å². The molecule has 0 unspecified atom stereocenters. The third kappa shape index (κ3) is 5.38. The molecule has 0 bridgehead atoms. The van der Waals surface area contributed by atoms with E-state index in [1.165, 1.54) is 18.2 Å². The molecule has 0 aliphatic carbocycles. The van der Waals surface area contributed by atoms with Gasteiger partial charge in [0.05, 0.1) is 24.5 Å². The lowest BCUT2D eigenvalue weighted by atomic mass is 10.2. The van der Waals surface area contributed by atoms with Crippen LogP contribution in [0.5, 0.6) is 5.75 Å². The summed E-state index contributed by atoms with van der Waals surface area (Å²) in [5.41, 5.74) is 1.29. The van der Waals surface area contributed by atoms with Crippen LogP contribution >= 0.6 is 0 Å². The van der Waals surface area contributed by atoms with E-state index in [2.05, 4.69) is 15.2 Å². The topological polar surface area (TPSA) is 65.4 Å². The second-order valence-electron chi connectivity index (χ2n) is 5.86. The van der Waals surface area contributed by atoms with Gasteiger partial charge in [-0.3, -0.25) is 9.48 Å². The Bertz CT molecular complexity index is 753. The highest BCUT2D eigenvalue weighted by atomic mass is 19.3. The first-order chi connectivity index (χ1) is 12.6. The number of nitrogens with one attached hydrogen (secondary N) is 1. The summed E-state index contributed by atoms with van der Waals surface area (Å²) in [7, 11) is 0. The van der Waals surface area contributed by atoms with Gasteiger partial charge >= 0.3 is 6.61 Å². The minimum Gasteiger partial charge on any atom is -0.435 e. The van der Waals surface area contributed by atoms with Crippen LogP contribution < -0.4 is 10.1 Å². The van der Waals surface area contributed by atoms with Crippen LogP contribution in [-0.2, 0) is 16.1 Å². The van der Waals surface area contributed by atoms with Gasteiger partial charge in [0, 0.05) is 18.9 Å². The molecule has 1 saturated heterocycles. The predicted octanol–water partition coefficient (Wildman–Crippen LogP) is 3.32. The number of alkyl halides is 2. The van der Waals surface area contributed by atoms with E-state index in [0.29, 0.717) is 17.8 Å². The molecule has 1 aliphatic heterocycles. The van der Waals surface area contributed by atoms with Crippen LogP contribution in [0.15, 0.2) is 42.7 Å². The molecule has 1 fully saturated rings. The minimum atomic E-state index is -2.86. The standard InChI is InChI=1S/C18H19F2N3O3/c19-18(20)26-15-6-3-13(4-7-15)5-8-17(24)22-14-10-21-23(11-14)12-16-2-1-9-25-16/h3-8,10-11,16,18H,1-2,9,12H2,(H,22,24)/b8-5+/t16-/m1/s1. The number of benzene rings is 1. The number of halogens is 2. The van der Waals surface area contributed by atoms with Gasteiger partial charge in [-0.25, -0.2) is 0 Å². The number of anilines is 1. The van der Waals surface area contributed by atoms with E-state index < -0.39 is 6.61 Å². The maximum Gasteiger partial charge on any atom is 0.387 e. The summed E-state index contributed by atoms with van der Waals surface area (Å²) in [6.07, 6.45) is 8.54. The average Bonchev–Trinajstić information content (AvgIpc) is 3.26. The maximum absolute atomic E-state index is 12.1. The van der Waals surface area contributed by atoms with Crippen LogP contribution in [0.2, 0.25) is 0 Å². The van der Waals surface area contributed by atoms with Crippen LogP contribution in [0, 0.1) is 0 Å². The maximum atomic E-state index is 12.1. The van der Waals surface area contributed by atoms with E-state index in [1.54, 1.807) is 35.3 Å². The van der Waals surface area contributed by atoms with Crippen molar-refractivity contribution < 1.29 is 23.0 Å². The molecule has 0 spiro atoms.